The standard InChI is InChI=1S/C13H14F3N3S/c1-7(2)11-12(20-19-18-11)10(17)8-4-3-5-9(6-8)13(14,15)16/h3-7,10H,17H2,1-2H3. The van der Waals surface area contributed by atoms with E-state index >= 15 is 0 Å². The Hall–Kier alpha value is -1.47. The second-order valence-electron chi connectivity index (χ2n) is 4.78. The Labute approximate surface area is 118 Å². The van der Waals surface area contributed by atoms with Gasteiger partial charge < -0.3 is 5.73 Å². The topological polar surface area (TPSA) is 51.8 Å². The van der Waals surface area contributed by atoms with Crippen molar-refractivity contribution in [2.75, 3.05) is 0 Å². The Kier molecular flexibility index (Phi) is 4.10. The highest BCUT2D eigenvalue weighted by Crippen LogP contribution is 2.33. The Morgan fingerprint density at radius 1 is 1.25 bits per heavy atom. The molecule has 0 aliphatic rings. The van der Waals surface area contributed by atoms with E-state index in [-0.39, 0.29) is 5.92 Å². The molecule has 2 rings (SSSR count). The molecule has 0 radical (unpaired) electrons. The molecule has 0 spiro atoms. The summed E-state index contributed by atoms with van der Waals surface area (Å²) in [6.07, 6.45) is -4.37. The molecule has 3 nitrogen and oxygen atoms in total. The van der Waals surface area contributed by atoms with Crippen molar-refractivity contribution in [2.45, 2.75) is 32.0 Å². The minimum atomic E-state index is -4.37. The van der Waals surface area contributed by atoms with Crippen LogP contribution in [0.15, 0.2) is 24.3 Å². The number of rotatable bonds is 3. The Bertz CT molecular complexity index is 593. The molecule has 108 valence electrons. The zero-order valence-electron chi connectivity index (χ0n) is 11.0. The summed E-state index contributed by atoms with van der Waals surface area (Å²) in [5.74, 6) is 0.126. The average molecular weight is 301 g/mol. The first-order valence-corrected chi connectivity index (χ1v) is 6.83. The molecule has 0 saturated heterocycles. The van der Waals surface area contributed by atoms with Gasteiger partial charge in [0.05, 0.1) is 22.2 Å². The molecule has 1 aromatic heterocycles. The normalized spacial score (nSPS) is 13.8. The fourth-order valence-electron chi connectivity index (χ4n) is 1.88. The molecule has 1 unspecified atom stereocenters. The van der Waals surface area contributed by atoms with Crippen molar-refractivity contribution in [3.8, 4) is 0 Å². The number of hydrogen-bond acceptors (Lipinski definition) is 4. The van der Waals surface area contributed by atoms with Gasteiger partial charge in [0, 0.05) is 0 Å². The second-order valence-corrected chi connectivity index (χ2v) is 5.56. The summed E-state index contributed by atoms with van der Waals surface area (Å²) < 4.78 is 42.0. The summed E-state index contributed by atoms with van der Waals surface area (Å²) >= 11 is 1.13. The number of nitrogens with zero attached hydrogens (tertiary/aromatic N) is 2. The molecule has 1 heterocycles. The molecule has 20 heavy (non-hydrogen) atoms. The number of halogens is 3. The lowest BCUT2D eigenvalue weighted by molar-refractivity contribution is -0.137. The van der Waals surface area contributed by atoms with E-state index < -0.39 is 17.8 Å². The first kappa shape index (κ1) is 14.9. The average Bonchev–Trinajstić information content (AvgIpc) is 2.86. The highest BCUT2D eigenvalue weighted by molar-refractivity contribution is 7.05. The lowest BCUT2D eigenvalue weighted by Gasteiger charge is -2.14. The zero-order valence-corrected chi connectivity index (χ0v) is 11.8. The van der Waals surface area contributed by atoms with E-state index in [9.17, 15) is 13.2 Å². The third-order valence-corrected chi connectivity index (χ3v) is 3.77. The zero-order chi connectivity index (χ0) is 14.9. The fraction of sp³-hybridized carbons (Fsp3) is 0.385. The first-order chi connectivity index (χ1) is 9.30. The summed E-state index contributed by atoms with van der Waals surface area (Å²) in [5.41, 5.74) is 6.52. The van der Waals surface area contributed by atoms with Crippen molar-refractivity contribution in [1.29, 1.82) is 0 Å². The van der Waals surface area contributed by atoms with Crippen molar-refractivity contribution in [3.05, 3.63) is 46.0 Å². The Morgan fingerprint density at radius 2 is 1.95 bits per heavy atom. The van der Waals surface area contributed by atoms with E-state index in [0.29, 0.717) is 10.4 Å². The molecule has 1 atom stereocenters. The van der Waals surface area contributed by atoms with Crippen LogP contribution in [0.2, 0.25) is 0 Å². The lowest BCUT2D eigenvalue weighted by atomic mass is 9.99. The summed E-state index contributed by atoms with van der Waals surface area (Å²) in [7, 11) is 0. The highest BCUT2D eigenvalue weighted by Gasteiger charge is 2.31. The van der Waals surface area contributed by atoms with Gasteiger partial charge in [-0.1, -0.05) is 30.5 Å². The van der Waals surface area contributed by atoms with E-state index in [2.05, 4.69) is 9.59 Å². The summed E-state index contributed by atoms with van der Waals surface area (Å²) in [4.78, 5) is 0.708. The van der Waals surface area contributed by atoms with Gasteiger partial charge in [-0.2, -0.15) is 13.2 Å². The van der Waals surface area contributed by atoms with Crippen LogP contribution in [0.4, 0.5) is 13.2 Å². The quantitative estimate of drug-likeness (QED) is 0.940. The van der Waals surface area contributed by atoms with Gasteiger partial charge in [0.2, 0.25) is 0 Å². The minimum Gasteiger partial charge on any atom is -0.320 e. The monoisotopic (exact) mass is 301 g/mol. The summed E-state index contributed by atoms with van der Waals surface area (Å²) in [6, 6.07) is 4.42. The molecule has 1 aromatic carbocycles. The summed E-state index contributed by atoms with van der Waals surface area (Å²) in [5, 5.41) is 4.00. The third kappa shape index (κ3) is 2.99. The van der Waals surface area contributed by atoms with Crippen LogP contribution in [0.1, 0.15) is 47.5 Å². The van der Waals surface area contributed by atoms with Crippen LogP contribution >= 0.6 is 11.5 Å². The van der Waals surface area contributed by atoms with E-state index in [1.54, 1.807) is 6.07 Å². The van der Waals surface area contributed by atoms with E-state index in [1.807, 2.05) is 13.8 Å². The van der Waals surface area contributed by atoms with Crippen molar-refractivity contribution in [1.82, 2.24) is 9.59 Å². The van der Waals surface area contributed by atoms with Crippen LogP contribution in [0.25, 0.3) is 0 Å². The van der Waals surface area contributed by atoms with Crippen molar-refractivity contribution >= 4 is 11.5 Å². The SMILES string of the molecule is CC(C)c1nnsc1C(N)c1cccc(C(F)(F)F)c1. The molecule has 0 aliphatic carbocycles. The predicted molar refractivity (Wildman–Crippen MR) is 71.5 cm³/mol. The molecular formula is C13H14F3N3S. The second kappa shape index (κ2) is 5.49. The maximum absolute atomic E-state index is 12.7. The Morgan fingerprint density at radius 3 is 2.55 bits per heavy atom. The molecule has 2 aromatic rings. The molecule has 0 fully saturated rings. The maximum atomic E-state index is 12.7. The van der Waals surface area contributed by atoms with Gasteiger partial charge in [-0.05, 0) is 35.1 Å². The smallest absolute Gasteiger partial charge is 0.320 e. The number of aromatic nitrogens is 2. The van der Waals surface area contributed by atoms with Gasteiger partial charge in [0.25, 0.3) is 0 Å². The molecular weight excluding hydrogens is 287 g/mol. The van der Waals surface area contributed by atoms with Gasteiger partial charge in [0.1, 0.15) is 0 Å². The maximum Gasteiger partial charge on any atom is 0.416 e. The first-order valence-electron chi connectivity index (χ1n) is 6.05. The van der Waals surface area contributed by atoms with Crippen molar-refractivity contribution in [3.63, 3.8) is 0 Å². The predicted octanol–water partition coefficient (Wildman–Crippen LogP) is 3.73. The largest absolute Gasteiger partial charge is 0.416 e. The Balaban J connectivity index is 2.38. The van der Waals surface area contributed by atoms with Crippen molar-refractivity contribution in [2.24, 2.45) is 5.73 Å². The number of benzene rings is 1. The van der Waals surface area contributed by atoms with Crippen LogP contribution in [-0.2, 0) is 6.18 Å². The van der Waals surface area contributed by atoms with Crippen LogP contribution < -0.4 is 5.73 Å². The summed E-state index contributed by atoms with van der Waals surface area (Å²) in [6.45, 7) is 3.89. The number of nitrogens with two attached hydrogens (primary N) is 1. The minimum absolute atomic E-state index is 0.126. The van der Waals surface area contributed by atoms with E-state index in [0.717, 1.165) is 29.4 Å². The van der Waals surface area contributed by atoms with Crippen molar-refractivity contribution < 1.29 is 13.2 Å². The molecule has 0 aliphatic heterocycles. The van der Waals surface area contributed by atoms with Gasteiger partial charge in [-0.15, -0.1) is 5.10 Å². The molecule has 0 saturated carbocycles. The van der Waals surface area contributed by atoms with Crippen LogP contribution in [0.3, 0.4) is 0 Å². The molecule has 0 bridgehead atoms. The van der Waals surface area contributed by atoms with Crippen LogP contribution in [-0.4, -0.2) is 9.59 Å². The van der Waals surface area contributed by atoms with E-state index in [4.69, 9.17) is 5.73 Å². The number of alkyl halides is 3. The highest BCUT2D eigenvalue weighted by atomic mass is 32.1. The number of hydrogen-bond donors (Lipinski definition) is 1. The van der Waals surface area contributed by atoms with Crippen LogP contribution in [0, 0.1) is 0 Å². The van der Waals surface area contributed by atoms with E-state index in [1.165, 1.54) is 6.07 Å². The van der Waals surface area contributed by atoms with Gasteiger partial charge in [-0.25, -0.2) is 0 Å². The third-order valence-electron chi connectivity index (χ3n) is 2.94. The van der Waals surface area contributed by atoms with Gasteiger partial charge >= 0.3 is 6.18 Å². The van der Waals surface area contributed by atoms with Crippen LogP contribution in [0.5, 0.6) is 0 Å². The van der Waals surface area contributed by atoms with Gasteiger partial charge in [-0.3, -0.25) is 0 Å². The van der Waals surface area contributed by atoms with Gasteiger partial charge in [0.15, 0.2) is 0 Å². The molecule has 2 N–H and O–H groups in total. The molecule has 7 heteroatoms. The fourth-order valence-corrected chi connectivity index (χ4v) is 2.72. The lowest BCUT2D eigenvalue weighted by Crippen LogP contribution is -2.14. The molecule has 0 amide bonds.